The molecule has 0 bridgehead atoms. The Morgan fingerprint density at radius 2 is 1.70 bits per heavy atom. The second-order valence-electron chi connectivity index (χ2n) is 8.67. The molecule has 0 saturated carbocycles. The number of ether oxygens (including phenoxy) is 1. The molecule has 0 aliphatic rings. The van der Waals surface area contributed by atoms with Crippen LogP contribution in [0.25, 0.3) is 11.0 Å². The number of imidazole rings is 1. The molecular formula is C28H31N3O2. The van der Waals surface area contributed by atoms with E-state index in [0.717, 1.165) is 33.7 Å². The maximum atomic E-state index is 12.8. The van der Waals surface area contributed by atoms with Crippen LogP contribution in [0.5, 0.6) is 5.75 Å². The molecule has 0 radical (unpaired) electrons. The van der Waals surface area contributed by atoms with Gasteiger partial charge in [-0.25, -0.2) is 4.98 Å². The molecule has 4 aromatic rings. The van der Waals surface area contributed by atoms with E-state index in [1.54, 1.807) is 0 Å². The zero-order valence-electron chi connectivity index (χ0n) is 19.8. The average molecular weight is 442 g/mol. The number of aromatic nitrogens is 2. The maximum Gasteiger partial charge on any atom is 0.225 e. The highest BCUT2D eigenvalue weighted by molar-refractivity contribution is 5.80. The van der Waals surface area contributed by atoms with Crippen molar-refractivity contribution in [2.45, 2.75) is 46.7 Å². The van der Waals surface area contributed by atoms with Gasteiger partial charge in [-0.3, -0.25) is 4.79 Å². The molecule has 0 aliphatic carbocycles. The number of aryl methyl sites for hydroxylation is 3. The van der Waals surface area contributed by atoms with Crippen LogP contribution in [0.2, 0.25) is 0 Å². The van der Waals surface area contributed by atoms with Gasteiger partial charge in [-0.15, -0.1) is 0 Å². The lowest BCUT2D eigenvalue weighted by molar-refractivity contribution is -0.121. The third-order valence-corrected chi connectivity index (χ3v) is 5.84. The molecule has 1 heterocycles. The van der Waals surface area contributed by atoms with Crippen LogP contribution >= 0.6 is 0 Å². The summed E-state index contributed by atoms with van der Waals surface area (Å²) in [5.41, 5.74) is 6.48. The summed E-state index contributed by atoms with van der Waals surface area (Å²) in [6.07, 6.45) is 0.354. The summed E-state index contributed by atoms with van der Waals surface area (Å²) >= 11 is 0. The summed E-state index contributed by atoms with van der Waals surface area (Å²) in [5, 5.41) is 3.13. The number of hydrogen-bond acceptors (Lipinski definition) is 3. The van der Waals surface area contributed by atoms with Crippen molar-refractivity contribution in [3.05, 3.63) is 94.8 Å². The van der Waals surface area contributed by atoms with Crippen molar-refractivity contribution in [3.63, 3.8) is 0 Å². The normalized spacial score (nSPS) is 12.0. The maximum absolute atomic E-state index is 12.8. The van der Waals surface area contributed by atoms with Gasteiger partial charge in [0.1, 0.15) is 18.2 Å². The van der Waals surface area contributed by atoms with Crippen molar-refractivity contribution < 1.29 is 9.53 Å². The molecular weight excluding hydrogens is 410 g/mol. The second-order valence-corrected chi connectivity index (χ2v) is 8.67. The number of fused-ring (bicyclic) bond motifs is 1. The summed E-state index contributed by atoms with van der Waals surface area (Å²) < 4.78 is 8.21. The minimum Gasteiger partial charge on any atom is -0.492 e. The zero-order valence-corrected chi connectivity index (χ0v) is 19.8. The van der Waals surface area contributed by atoms with Gasteiger partial charge >= 0.3 is 0 Å². The van der Waals surface area contributed by atoms with Gasteiger partial charge in [0.25, 0.3) is 0 Å². The van der Waals surface area contributed by atoms with Crippen LogP contribution in [0.1, 0.15) is 41.0 Å². The lowest BCUT2D eigenvalue weighted by Crippen LogP contribution is -2.30. The highest BCUT2D eigenvalue weighted by Crippen LogP contribution is 2.22. The van der Waals surface area contributed by atoms with Crippen LogP contribution in [0.4, 0.5) is 0 Å². The summed E-state index contributed by atoms with van der Waals surface area (Å²) in [7, 11) is 0. The third-order valence-electron chi connectivity index (χ3n) is 5.84. The third kappa shape index (κ3) is 5.43. The monoisotopic (exact) mass is 441 g/mol. The number of hydrogen-bond donors (Lipinski definition) is 1. The smallest absolute Gasteiger partial charge is 0.225 e. The predicted molar refractivity (Wildman–Crippen MR) is 133 cm³/mol. The fraction of sp³-hybridized carbons (Fsp3) is 0.286. The van der Waals surface area contributed by atoms with Crippen molar-refractivity contribution in [2.24, 2.45) is 0 Å². The SMILES string of the molecule is Cc1cc(C)cc(OCCn2c(C(C)NC(=O)Cc3ccccc3C)nc3ccccc32)c1. The molecule has 0 spiro atoms. The first-order chi connectivity index (χ1) is 15.9. The van der Waals surface area contributed by atoms with Crippen LogP contribution in [0, 0.1) is 20.8 Å². The van der Waals surface area contributed by atoms with Gasteiger partial charge in [-0.1, -0.05) is 42.5 Å². The van der Waals surface area contributed by atoms with E-state index in [2.05, 4.69) is 35.9 Å². The number of rotatable bonds is 8. The number of benzene rings is 3. The molecule has 1 atom stereocenters. The second kappa shape index (κ2) is 9.90. The molecule has 0 aliphatic heterocycles. The summed E-state index contributed by atoms with van der Waals surface area (Å²) in [5.74, 6) is 1.69. The lowest BCUT2D eigenvalue weighted by atomic mass is 10.1. The van der Waals surface area contributed by atoms with E-state index in [1.165, 1.54) is 11.1 Å². The molecule has 0 saturated heterocycles. The Balaban J connectivity index is 1.50. The fourth-order valence-electron chi connectivity index (χ4n) is 4.27. The molecule has 170 valence electrons. The van der Waals surface area contributed by atoms with E-state index in [4.69, 9.17) is 9.72 Å². The first-order valence-electron chi connectivity index (χ1n) is 11.4. The number of nitrogens with one attached hydrogen (secondary N) is 1. The number of carbonyl (C=O) groups is 1. The topological polar surface area (TPSA) is 56.1 Å². The summed E-state index contributed by atoms with van der Waals surface area (Å²) in [4.78, 5) is 17.6. The number of nitrogens with zero attached hydrogens (tertiary/aromatic N) is 2. The van der Waals surface area contributed by atoms with Crippen LogP contribution < -0.4 is 10.1 Å². The molecule has 3 aromatic carbocycles. The lowest BCUT2D eigenvalue weighted by Gasteiger charge is -2.17. The Labute approximate surface area is 195 Å². The Hall–Kier alpha value is -3.60. The summed E-state index contributed by atoms with van der Waals surface area (Å²) in [6, 6.07) is 22.0. The van der Waals surface area contributed by atoms with Gasteiger partial charge in [0.15, 0.2) is 0 Å². The average Bonchev–Trinajstić information content (AvgIpc) is 3.14. The van der Waals surface area contributed by atoms with Gasteiger partial charge in [-0.2, -0.15) is 0 Å². The van der Waals surface area contributed by atoms with Gasteiger partial charge in [0.2, 0.25) is 5.91 Å². The molecule has 1 aromatic heterocycles. The molecule has 1 amide bonds. The van der Waals surface area contributed by atoms with E-state index in [0.29, 0.717) is 19.6 Å². The van der Waals surface area contributed by atoms with E-state index in [-0.39, 0.29) is 11.9 Å². The zero-order chi connectivity index (χ0) is 23.4. The van der Waals surface area contributed by atoms with E-state index in [9.17, 15) is 4.79 Å². The number of amides is 1. The minimum atomic E-state index is -0.227. The van der Waals surface area contributed by atoms with Crippen molar-refractivity contribution in [3.8, 4) is 5.75 Å². The standard InChI is InChI=1S/C28H31N3O2/c1-19-15-20(2)17-24(16-19)33-14-13-31-26-12-8-7-11-25(26)30-28(31)22(4)29-27(32)18-23-10-6-5-9-21(23)3/h5-12,15-17,22H,13-14,18H2,1-4H3,(H,29,32). The summed E-state index contributed by atoms with van der Waals surface area (Å²) in [6.45, 7) is 9.31. The Morgan fingerprint density at radius 3 is 2.45 bits per heavy atom. The van der Waals surface area contributed by atoms with E-state index in [1.807, 2.05) is 68.4 Å². The minimum absolute atomic E-state index is 0.0121. The van der Waals surface area contributed by atoms with Crippen LogP contribution in [0.15, 0.2) is 66.7 Å². The van der Waals surface area contributed by atoms with E-state index >= 15 is 0 Å². The molecule has 0 fully saturated rings. The van der Waals surface area contributed by atoms with Crippen LogP contribution in [-0.4, -0.2) is 22.1 Å². The largest absolute Gasteiger partial charge is 0.492 e. The van der Waals surface area contributed by atoms with Crippen molar-refractivity contribution in [1.82, 2.24) is 14.9 Å². The van der Waals surface area contributed by atoms with Gasteiger partial charge in [0.05, 0.1) is 30.0 Å². The Morgan fingerprint density at radius 1 is 1.00 bits per heavy atom. The molecule has 1 unspecified atom stereocenters. The fourth-order valence-corrected chi connectivity index (χ4v) is 4.27. The molecule has 33 heavy (non-hydrogen) atoms. The number of carbonyl (C=O) groups excluding carboxylic acids is 1. The molecule has 4 rings (SSSR count). The van der Waals surface area contributed by atoms with Crippen LogP contribution in [-0.2, 0) is 17.8 Å². The Bertz CT molecular complexity index is 1260. The highest BCUT2D eigenvalue weighted by Gasteiger charge is 2.19. The quantitative estimate of drug-likeness (QED) is 0.395. The van der Waals surface area contributed by atoms with Gasteiger partial charge in [0, 0.05) is 0 Å². The van der Waals surface area contributed by atoms with E-state index < -0.39 is 0 Å². The molecule has 5 heteroatoms. The first kappa shape index (κ1) is 22.6. The van der Waals surface area contributed by atoms with Crippen molar-refractivity contribution in [2.75, 3.05) is 6.61 Å². The first-order valence-corrected chi connectivity index (χ1v) is 11.4. The predicted octanol–water partition coefficient (Wildman–Crippen LogP) is 5.46. The Kier molecular flexibility index (Phi) is 6.78. The van der Waals surface area contributed by atoms with Crippen LogP contribution in [0.3, 0.4) is 0 Å². The van der Waals surface area contributed by atoms with Gasteiger partial charge in [-0.05, 0) is 74.2 Å². The molecule has 5 nitrogen and oxygen atoms in total. The van der Waals surface area contributed by atoms with Crippen molar-refractivity contribution >= 4 is 16.9 Å². The number of para-hydroxylation sites is 2. The molecule has 1 N–H and O–H groups in total. The highest BCUT2D eigenvalue weighted by atomic mass is 16.5. The van der Waals surface area contributed by atoms with Crippen molar-refractivity contribution in [1.29, 1.82) is 0 Å². The van der Waals surface area contributed by atoms with Gasteiger partial charge < -0.3 is 14.6 Å².